The maximum absolute atomic E-state index is 12.5. The van der Waals surface area contributed by atoms with Crippen LogP contribution in [0.15, 0.2) is 91.3 Å². The van der Waals surface area contributed by atoms with Gasteiger partial charge in [0.25, 0.3) is 0 Å². The van der Waals surface area contributed by atoms with Crippen molar-refractivity contribution >= 4 is 26.5 Å². The van der Waals surface area contributed by atoms with Gasteiger partial charge in [-0.2, -0.15) is 21.6 Å². The normalized spacial score (nSPS) is 12.3. The summed E-state index contributed by atoms with van der Waals surface area (Å²) in [5.74, 6) is -0.399. The number of hydrogen-bond acceptors (Lipinski definition) is 4. The fourth-order valence-corrected chi connectivity index (χ4v) is 3.99. The summed E-state index contributed by atoms with van der Waals surface area (Å²) in [6.45, 7) is 0. The third-order valence-electron chi connectivity index (χ3n) is 5.18. The monoisotopic (exact) mass is 468 g/mol. The molecule has 0 N–H and O–H groups in total. The zero-order chi connectivity index (χ0) is 23.2. The van der Waals surface area contributed by atoms with Crippen LogP contribution in [0.4, 0.5) is 13.2 Å². The van der Waals surface area contributed by atoms with Crippen LogP contribution < -0.4 is 4.18 Å². The van der Waals surface area contributed by atoms with Crippen molar-refractivity contribution in [3.05, 3.63) is 91.3 Å². The van der Waals surface area contributed by atoms with E-state index >= 15 is 0 Å². The molecule has 0 radical (unpaired) electrons. The smallest absolute Gasteiger partial charge is 0.376 e. The third-order valence-corrected chi connectivity index (χ3v) is 6.16. The molecule has 0 fully saturated rings. The summed E-state index contributed by atoms with van der Waals surface area (Å²) in [5.41, 5.74) is -0.951. The number of fused-ring (bicyclic) bond motifs is 2. The Morgan fingerprint density at radius 3 is 2.18 bits per heavy atom. The minimum atomic E-state index is -5.71. The number of pyridine rings is 1. The van der Waals surface area contributed by atoms with E-state index < -0.39 is 21.4 Å². The number of imidazole rings is 1. The highest BCUT2D eigenvalue weighted by molar-refractivity contribution is 7.88. The Bertz CT molecular complexity index is 1560. The van der Waals surface area contributed by atoms with Gasteiger partial charge in [-0.1, -0.05) is 48.5 Å². The lowest BCUT2D eigenvalue weighted by Crippen LogP contribution is -2.28. The summed E-state index contributed by atoms with van der Waals surface area (Å²) < 4.78 is 66.2. The largest absolute Gasteiger partial charge is 0.534 e. The average Bonchev–Trinajstić information content (AvgIpc) is 3.22. The van der Waals surface area contributed by atoms with Crippen molar-refractivity contribution in [1.82, 2.24) is 9.38 Å². The highest BCUT2D eigenvalue weighted by atomic mass is 32.2. The van der Waals surface area contributed by atoms with Gasteiger partial charge in [0.2, 0.25) is 0 Å². The molecule has 166 valence electrons. The van der Waals surface area contributed by atoms with Crippen molar-refractivity contribution in [3.8, 4) is 28.1 Å². The van der Waals surface area contributed by atoms with Crippen LogP contribution in [0, 0.1) is 0 Å². The van der Waals surface area contributed by atoms with E-state index in [4.69, 9.17) is 0 Å². The molecule has 3 aromatic carbocycles. The second-order valence-electron chi connectivity index (χ2n) is 7.38. The van der Waals surface area contributed by atoms with Gasteiger partial charge in [0.1, 0.15) is 11.4 Å². The fraction of sp³-hybridized carbons (Fsp3) is 0.0417. The molecule has 2 aromatic heterocycles. The molecule has 0 aliphatic rings. The van der Waals surface area contributed by atoms with E-state index in [1.54, 1.807) is 6.07 Å². The molecule has 0 atom stereocenters. The Hall–Kier alpha value is -3.85. The Kier molecular flexibility index (Phi) is 4.86. The Morgan fingerprint density at radius 2 is 1.45 bits per heavy atom. The number of alkyl halides is 3. The molecule has 0 amide bonds. The van der Waals surface area contributed by atoms with Crippen molar-refractivity contribution < 1.29 is 25.8 Å². The van der Waals surface area contributed by atoms with E-state index in [9.17, 15) is 21.6 Å². The molecular formula is C24H15F3N2O3S. The van der Waals surface area contributed by atoms with Gasteiger partial charge >= 0.3 is 15.6 Å². The molecule has 5 rings (SSSR count). The Morgan fingerprint density at radius 1 is 0.788 bits per heavy atom. The maximum atomic E-state index is 12.5. The molecule has 33 heavy (non-hydrogen) atoms. The van der Waals surface area contributed by atoms with Crippen molar-refractivity contribution in [2.75, 3.05) is 0 Å². The van der Waals surface area contributed by atoms with Crippen LogP contribution in [-0.2, 0) is 10.1 Å². The van der Waals surface area contributed by atoms with Crippen molar-refractivity contribution in [1.29, 1.82) is 0 Å². The summed E-state index contributed by atoms with van der Waals surface area (Å²) in [5, 5.41) is 1.28. The first-order chi connectivity index (χ1) is 15.7. The SMILES string of the molecule is O=S(=O)(Oc1ccc2cc(-c3ccc(-c4cn5ccccc5n4)cc3)ccc2c1)C(F)(F)F. The third kappa shape index (κ3) is 4.03. The number of benzene rings is 3. The van der Waals surface area contributed by atoms with Gasteiger partial charge < -0.3 is 8.58 Å². The number of nitrogens with zero attached hydrogens (tertiary/aromatic N) is 2. The quantitative estimate of drug-likeness (QED) is 0.238. The first-order valence-electron chi connectivity index (χ1n) is 9.79. The number of rotatable bonds is 4. The molecule has 2 heterocycles. The second-order valence-corrected chi connectivity index (χ2v) is 8.91. The van der Waals surface area contributed by atoms with Gasteiger partial charge in [-0.05, 0) is 52.2 Å². The molecule has 9 heteroatoms. The zero-order valence-electron chi connectivity index (χ0n) is 16.8. The van der Waals surface area contributed by atoms with Crippen molar-refractivity contribution in [3.63, 3.8) is 0 Å². The van der Waals surface area contributed by atoms with Crippen molar-refractivity contribution in [2.24, 2.45) is 0 Å². The first-order valence-corrected chi connectivity index (χ1v) is 11.2. The van der Waals surface area contributed by atoms with Crippen LogP contribution in [0.5, 0.6) is 5.75 Å². The molecule has 5 nitrogen and oxygen atoms in total. The Labute approximate surface area is 186 Å². The molecular weight excluding hydrogens is 453 g/mol. The average molecular weight is 468 g/mol. The predicted molar refractivity (Wildman–Crippen MR) is 119 cm³/mol. The van der Waals surface area contributed by atoms with Crippen LogP contribution in [0.2, 0.25) is 0 Å². The maximum Gasteiger partial charge on any atom is 0.534 e. The van der Waals surface area contributed by atoms with E-state index in [1.807, 2.05) is 71.4 Å². The minimum absolute atomic E-state index is 0.399. The molecule has 0 aliphatic heterocycles. The molecule has 0 saturated carbocycles. The molecule has 0 bridgehead atoms. The predicted octanol–water partition coefficient (Wildman–Crippen LogP) is 6.05. The summed E-state index contributed by atoms with van der Waals surface area (Å²) >= 11 is 0. The van der Waals surface area contributed by atoms with Crippen LogP contribution in [0.1, 0.15) is 0 Å². The first kappa shape index (κ1) is 21.0. The zero-order valence-corrected chi connectivity index (χ0v) is 17.6. The number of halogens is 3. The van der Waals surface area contributed by atoms with E-state index in [0.29, 0.717) is 5.39 Å². The molecule has 5 aromatic rings. The molecule has 0 unspecified atom stereocenters. The number of aromatic nitrogens is 2. The lowest BCUT2D eigenvalue weighted by Gasteiger charge is -2.10. The van der Waals surface area contributed by atoms with Gasteiger partial charge in [-0.25, -0.2) is 4.98 Å². The number of hydrogen-bond donors (Lipinski definition) is 0. The van der Waals surface area contributed by atoms with Gasteiger partial charge in [0, 0.05) is 18.0 Å². The van der Waals surface area contributed by atoms with Gasteiger partial charge in [-0.15, -0.1) is 0 Å². The van der Waals surface area contributed by atoms with Gasteiger partial charge in [-0.3, -0.25) is 0 Å². The summed E-state index contributed by atoms with van der Waals surface area (Å²) in [4.78, 5) is 4.61. The molecule has 0 spiro atoms. The van der Waals surface area contributed by atoms with Crippen molar-refractivity contribution in [2.45, 2.75) is 5.51 Å². The summed E-state index contributed by atoms with van der Waals surface area (Å²) in [6.07, 6.45) is 3.89. The highest BCUT2D eigenvalue weighted by Crippen LogP contribution is 2.31. The minimum Gasteiger partial charge on any atom is -0.376 e. The fourth-order valence-electron chi connectivity index (χ4n) is 3.54. The van der Waals surface area contributed by atoms with E-state index in [-0.39, 0.29) is 0 Å². The van der Waals surface area contributed by atoms with Crippen LogP contribution in [0.25, 0.3) is 38.8 Å². The van der Waals surface area contributed by atoms with Crippen LogP contribution in [-0.4, -0.2) is 23.3 Å². The lowest BCUT2D eigenvalue weighted by atomic mass is 10.00. The van der Waals surface area contributed by atoms with Crippen LogP contribution in [0.3, 0.4) is 0 Å². The second kappa shape index (κ2) is 7.63. The molecule has 0 aliphatic carbocycles. The van der Waals surface area contributed by atoms with E-state index in [2.05, 4.69) is 9.17 Å². The summed E-state index contributed by atoms with van der Waals surface area (Å²) in [6, 6.07) is 23.0. The Balaban J connectivity index is 1.41. The highest BCUT2D eigenvalue weighted by Gasteiger charge is 2.48. The van der Waals surface area contributed by atoms with E-state index in [1.165, 1.54) is 18.2 Å². The standard InChI is InChI=1S/C24H15F3N2O3S/c25-24(26,27)33(30,31)32-21-11-10-19-13-18(8-9-20(19)14-21)16-4-6-17(7-5-16)22-15-29-12-2-1-3-23(29)28-22/h1-15H. The van der Waals surface area contributed by atoms with Gasteiger partial charge in [0.05, 0.1) is 5.69 Å². The lowest BCUT2D eigenvalue weighted by molar-refractivity contribution is -0.0500. The van der Waals surface area contributed by atoms with Crippen LogP contribution >= 0.6 is 0 Å². The van der Waals surface area contributed by atoms with E-state index in [0.717, 1.165) is 33.4 Å². The molecule has 0 saturated heterocycles. The summed E-state index contributed by atoms with van der Waals surface area (Å²) in [7, 11) is -5.71. The van der Waals surface area contributed by atoms with Gasteiger partial charge in [0.15, 0.2) is 0 Å². The topological polar surface area (TPSA) is 60.7 Å².